The highest BCUT2D eigenvalue weighted by atomic mass is 16.4. The average Bonchev–Trinajstić information content (AvgIpc) is 3.74. The lowest BCUT2D eigenvalue weighted by Gasteiger charge is -2.28. The molecule has 5 atom stereocenters. The zero-order chi connectivity index (χ0) is 34.5. The molecule has 0 radical (unpaired) electrons. The summed E-state index contributed by atoms with van der Waals surface area (Å²) < 4.78 is 0. The van der Waals surface area contributed by atoms with Crippen LogP contribution in [0.3, 0.4) is 0 Å². The number of carbonyl (C=O) groups excluding carboxylic acids is 6. The van der Waals surface area contributed by atoms with Crippen molar-refractivity contribution in [2.24, 2.45) is 11.7 Å². The summed E-state index contributed by atoms with van der Waals surface area (Å²) >= 11 is 0. The van der Waals surface area contributed by atoms with Gasteiger partial charge in [0.2, 0.25) is 35.4 Å². The maximum Gasteiger partial charge on any atom is 0.326 e. The summed E-state index contributed by atoms with van der Waals surface area (Å²) in [6.07, 6.45) is 2.35. The molecule has 0 spiro atoms. The standard InChI is InChI=1S/C32H47N7O8/c1-19(2)16-24(32(46)47)38-30(44)23(17-20-8-4-3-5-9-20)37-31(45)25-11-7-15-39(25)27(41)18-35-28(42)22(12-13-26(33)40)36-29(43)21-10-6-14-34-21/h3-5,8-9,19,21-25,34H,6-7,10-18H2,1-2H3,(H2,33,40)(H,35,42)(H,36,43)(H,37,45)(H,38,44)(H,46,47)/t21-,22-,23-,24-,25-/m0/s1. The molecule has 2 fully saturated rings. The first kappa shape index (κ1) is 36.9. The molecule has 2 aliphatic rings. The quantitative estimate of drug-likeness (QED) is 0.108. The first-order valence-corrected chi connectivity index (χ1v) is 16.1. The van der Waals surface area contributed by atoms with E-state index in [1.165, 1.54) is 4.90 Å². The van der Waals surface area contributed by atoms with Crippen molar-refractivity contribution in [3.8, 4) is 0 Å². The SMILES string of the molecule is CC(C)C[C@H](NC(=O)[C@H](Cc1ccccc1)NC(=O)[C@@H]1CCCN1C(=O)CNC(=O)[C@H](CCC(N)=O)NC(=O)[C@@H]1CCCN1)C(=O)O. The number of benzene rings is 1. The number of nitrogens with one attached hydrogen (secondary N) is 5. The summed E-state index contributed by atoms with van der Waals surface area (Å²) in [5.41, 5.74) is 5.99. The molecule has 0 unspecified atom stereocenters. The van der Waals surface area contributed by atoms with E-state index in [2.05, 4.69) is 26.6 Å². The first-order chi connectivity index (χ1) is 22.3. The van der Waals surface area contributed by atoms with Gasteiger partial charge in [-0.2, -0.15) is 0 Å². The lowest BCUT2D eigenvalue weighted by Crippen LogP contribution is -2.57. The molecule has 2 aliphatic heterocycles. The van der Waals surface area contributed by atoms with Gasteiger partial charge in [0.1, 0.15) is 24.2 Å². The van der Waals surface area contributed by atoms with Crippen LogP contribution in [0.2, 0.25) is 0 Å². The number of nitrogens with two attached hydrogens (primary N) is 1. The van der Waals surface area contributed by atoms with E-state index in [-0.39, 0.29) is 44.1 Å². The molecule has 0 bridgehead atoms. The Kier molecular flexibility index (Phi) is 14.1. The molecule has 6 amide bonds. The van der Waals surface area contributed by atoms with Gasteiger partial charge in [-0.25, -0.2) is 4.79 Å². The van der Waals surface area contributed by atoms with Gasteiger partial charge < -0.3 is 42.3 Å². The van der Waals surface area contributed by atoms with E-state index in [1.54, 1.807) is 24.3 Å². The van der Waals surface area contributed by atoms with Crippen molar-refractivity contribution in [3.05, 3.63) is 35.9 Å². The molecule has 1 aromatic rings. The molecule has 0 aliphatic carbocycles. The number of hydrogen-bond acceptors (Lipinski definition) is 8. The number of rotatable bonds is 17. The van der Waals surface area contributed by atoms with Crippen molar-refractivity contribution >= 4 is 41.4 Å². The van der Waals surface area contributed by atoms with Crippen molar-refractivity contribution in [3.63, 3.8) is 0 Å². The highest BCUT2D eigenvalue weighted by Crippen LogP contribution is 2.18. The highest BCUT2D eigenvalue weighted by Gasteiger charge is 2.37. The number of nitrogens with zero attached hydrogens (tertiary/aromatic N) is 1. The van der Waals surface area contributed by atoms with Gasteiger partial charge in [0, 0.05) is 19.4 Å². The van der Waals surface area contributed by atoms with Crippen LogP contribution in [-0.4, -0.2) is 101 Å². The third-order valence-corrected chi connectivity index (χ3v) is 8.22. The monoisotopic (exact) mass is 657 g/mol. The fraction of sp³-hybridized carbons (Fsp3) is 0.594. The lowest BCUT2D eigenvalue weighted by molar-refractivity contribution is -0.143. The zero-order valence-electron chi connectivity index (χ0n) is 27.0. The summed E-state index contributed by atoms with van der Waals surface area (Å²) in [6, 6.07) is 4.22. The van der Waals surface area contributed by atoms with Crippen LogP contribution >= 0.6 is 0 Å². The molecule has 1 aromatic carbocycles. The van der Waals surface area contributed by atoms with Gasteiger partial charge in [-0.1, -0.05) is 44.2 Å². The van der Waals surface area contributed by atoms with Crippen LogP contribution in [0, 0.1) is 5.92 Å². The van der Waals surface area contributed by atoms with E-state index in [1.807, 2.05) is 19.9 Å². The topological polar surface area (TPSA) is 229 Å². The van der Waals surface area contributed by atoms with Crippen molar-refractivity contribution in [1.29, 1.82) is 0 Å². The summed E-state index contributed by atoms with van der Waals surface area (Å²) in [5.74, 6) is -4.66. The van der Waals surface area contributed by atoms with Crippen LogP contribution in [0.1, 0.15) is 64.4 Å². The Hall–Kier alpha value is -4.53. The molecule has 0 saturated carbocycles. The van der Waals surface area contributed by atoms with Crippen molar-refractivity contribution in [2.75, 3.05) is 19.6 Å². The molecular formula is C32H47N7O8. The van der Waals surface area contributed by atoms with E-state index >= 15 is 0 Å². The Morgan fingerprint density at radius 3 is 2.23 bits per heavy atom. The highest BCUT2D eigenvalue weighted by molar-refractivity contribution is 5.95. The van der Waals surface area contributed by atoms with Gasteiger partial charge in [0.25, 0.3) is 0 Å². The van der Waals surface area contributed by atoms with Crippen LogP contribution in [0.15, 0.2) is 30.3 Å². The summed E-state index contributed by atoms with van der Waals surface area (Å²) in [7, 11) is 0. The molecular weight excluding hydrogens is 610 g/mol. The molecule has 15 nitrogen and oxygen atoms in total. The minimum atomic E-state index is -1.18. The fourth-order valence-corrected chi connectivity index (χ4v) is 5.75. The second-order valence-corrected chi connectivity index (χ2v) is 12.5. The zero-order valence-corrected chi connectivity index (χ0v) is 27.0. The molecule has 258 valence electrons. The number of primary amides is 1. The van der Waals surface area contributed by atoms with Crippen LogP contribution in [-0.2, 0) is 40.0 Å². The van der Waals surface area contributed by atoms with E-state index in [4.69, 9.17) is 5.73 Å². The minimum absolute atomic E-state index is 0.00359. The second kappa shape index (κ2) is 18.0. The van der Waals surface area contributed by atoms with Crippen LogP contribution in [0.25, 0.3) is 0 Å². The largest absolute Gasteiger partial charge is 0.480 e. The molecule has 3 rings (SSSR count). The summed E-state index contributed by atoms with van der Waals surface area (Å²) in [5, 5.41) is 23.1. The van der Waals surface area contributed by atoms with Gasteiger partial charge in [-0.15, -0.1) is 0 Å². The van der Waals surface area contributed by atoms with Crippen molar-refractivity contribution in [1.82, 2.24) is 31.5 Å². The Morgan fingerprint density at radius 1 is 0.915 bits per heavy atom. The number of hydrogen-bond donors (Lipinski definition) is 7. The smallest absolute Gasteiger partial charge is 0.326 e. The first-order valence-electron chi connectivity index (χ1n) is 16.1. The normalized spacial score (nSPS) is 19.3. The lowest BCUT2D eigenvalue weighted by atomic mass is 10.0. The second-order valence-electron chi connectivity index (χ2n) is 12.5. The third kappa shape index (κ3) is 11.6. The molecule has 47 heavy (non-hydrogen) atoms. The number of aliphatic carboxylic acids is 1. The number of carboxylic acids is 1. The number of carboxylic acid groups (broad SMARTS) is 1. The Balaban J connectivity index is 1.65. The van der Waals surface area contributed by atoms with E-state index in [0.29, 0.717) is 25.8 Å². The van der Waals surface area contributed by atoms with Crippen molar-refractivity contribution < 1.29 is 38.7 Å². The maximum absolute atomic E-state index is 13.5. The van der Waals surface area contributed by atoms with Gasteiger partial charge in [-0.05, 0) is 56.6 Å². The summed E-state index contributed by atoms with van der Waals surface area (Å²) in [4.78, 5) is 90.2. The van der Waals surface area contributed by atoms with Gasteiger partial charge in [-0.3, -0.25) is 28.8 Å². The molecule has 15 heteroatoms. The Morgan fingerprint density at radius 2 is 1.62 bits per heavy atom. The number of likely N-dealkylation sites (tertiary alicyclic amines) is 1. The summed E-state index contributed by atoms with van der Waals surface area (Å²) in [6.45, 7) is 4.13. The predicted octanol–water partition coefficient (Wildman–Crippen LogP) is -1.06. The van der Waals surface area contributed by atoms with E-state index < -0.39 is 72.3 Å². The van der Waals surface area contributed by atoms with Gasteiger partial charge in [0.15, 0.2) is 0 Å². The Bertz CT molecular complexity index is 1290. The molecule has 2 heterocycles. The average molecular weight is 658 g/mol. The Labute approximate surface area is 274 Å². The number of amides is 6. The molecule has 2 saturated heterocycles. The van der Waals surface area contributed by atoms with E-state index in [0.717, 1.165) is 12.0 Å². The maximum atomic E-state index is 13.5. The van der Waals surface area contributed by atoms with Crippen molar-refractivity contribution in [2.45, 2.75) is 95.4 Å². The van der Waals surface area contributed by atoms with Gasteiger partial charge >= 0.3 is 5.97 Å². The molecule has 0 aromatic heterocycles. The predicted molar refractivity (Wildman–Crippen MR) is 170 cm³/mol. The van der Waals surface area contributed by atoms with Gasteiger partial charge in [0.05, 0.1) is 12.6 Å². The fourth-order valence-electron chi connectivity index (χ4n) is 5.75. The van der Waals surface area contributed by atoms with Crippen LogP contribution in [0.4, 0.5) is 0 Å². The third-order valence-electron chi connectivity index (χ3n) is 8.22. The van der Waals surface area contributed by atoms with Crippen LogP contribution < -0.4 is 32.3 Å². The minimum Gasteiger partial charge on any atom is -0.480 e. The number of carbonyl (C=O) groups is 7. The molecule has 8 N–H and O–H groups in total. The van der Waals surface area contributed by atoms with Crippen LogP contribution in [0.5, 0.6) is 0 Å². The van der Waals surface area contributed by atoms with E-state index in [9.17, 15) is 38.7 Å².